The van der Waals surface area contributed by atoms with Crippen molar-refractivity contribution in [1.29, 1.82) is 0 Å². The van der Waals surface area contributed by atoms with Gasteiger partial charge in [0, 0.05) is 37.5 Å². The van der Waals surface area contributed by atoms with E-state index in [2.05, 4.69) is 4.90 Å². The van der Waals surface area contributed by atoms with Gasteiger partial charge < -0.3 is 37.9 Å². The Morgan fingerprint density at radius 3 is 1.51 bits per heavy atom. The molecular weight excluding hydrogens is 558 g/mol. The molecule has 0 radical (unpaired) electrons. The van der Waals surface area contributed by atoms with Gasteiger partial charge in [-0.05, 0) is 54.6 Å². The molecule has 2 aromatic rings. The second-order valence-electron chi connectivity index (χ2n) is 10.2. The molecule has 0 saturated carbocycles. The molecule has 11 nitrogen and oxygen atoms in total. The number of hydrogen-bond donors (Lipinski definition) is 0. The SMILES string of the molecule is COc1cc(/C=C\C(=O)O[C@H]2CC3C[C@H](OC(=O)/C=C/c4cc(OC)c(OC)c(OC)c4)CC2N3C)cc(OC)c1OC. The molecule has 11 heteroatoms. The fraction of sp³-hybridized carbons (Fsp3) is 0.438. The van der Waals surface area contributed by atoms with Gasteiger partial charge in [-0.1, -0.05) is 0 Å². The van der Waals surface area contributed by atoms with Crippen LogP contribution in [0.3, 0.4) is 0 Å². The second kappa shape index (κ2) is 14.2. The van der Waals surface area contributed by atoms with Crippen LogP contribution in [0.5, 0.6) is 34.5 Å². The second-order valence-corrected chi connectivity index (χ2v) is 10.2. The molecule has 0 aliphatic carbocycles. The maximum Gasteiger partial charge on any atom is 0.331 e. The largest absolute Gasteiger partial charge is 0.493 e. The van der Waals surface area contributed by atoms with E-state index >= 15 is 0 Å². The fourth-order valence-electron chi connectivity index (χ4n) is 5.71. The maximum atomic E-state index is 12.8. The normalized spacial score (nSPS) is 21.5. The standard InChI is InChI=1S/C32H39NO10/c1-33-21-16-22(42-29(34)10-8-19-12-25(36-2)31(40-6)26(13-19)37-3)18-23(33)24(17-21)43-30(35)11-9-20-14-27(38-4)32(41-7)28(15-20)39-5/h8-15,21-24H,16-18H2,1-7H3/b10-8+,11-9-/t21?,22-,23?,24-/m0/s1. The van der Waals surface area contributed by atoms with Gasteiger partial charge in [-0.25, -0.2) is 9.59 Å². The molecule has 0 N–H and O–H groups in total. The molecule has 2 heterocycles. The van der Waals surface area contributed by atoms with E-state index in [1.807, 2.05) is 7.05 Å². The third-order valence-electron chi connectivity index (χ3n) is 7.82. The summed E-state index contributed by atoms with van der Waals surface area (Å²) in [6.45, 7) is 0. The van der Waals surface area contributed by atoms with Gasteiger partial charge in [-0.2, -0.15) is 0 Å². The molecule has 4 rings (SSSR count). The molecule has 0 amide bonds. The van der Waals surface area contributed by atoms with Gasteiger partial charge in [-0.15, -0.1) is 0 Å². The number of fused-ring (bicyclic) bond motifs is 2. The zero-order valence-electron chi connectivity index (χ0n) is 25.6. The zero-order valence-corrected chi connectivity index (χ0v) is 25.6. The summed E-state index contributed by atoms with van der Waals surface area (Å²) in [7, 11) is 11.2. The molecule has 232 valence electrons. The van der Waals surface area contributed by atoms with Gasteiger partial charge in [0.15, 0.2) is 23.0 Å². The lowest BCUT2D eigenvalue weighted by molar-refractivity contribution is -0.149. The number of carbonyl (C=O) groups is 2. The van der Waals surface area contributed by atoms with Crippen LogP contribution in [0.25, 0.3) is 12.2 Å². The Morgan fingerprint density at radius 2 is 1.09 bits per heavy atom. The van der Waals surface area contributed by atoms with Crippen LogP contribution >= 0.6 is 0 Å². The highest BCUT2D eigenvalue weighted by Crippen LogP contribution is 2.40. The van der Waals surface area contributed by atoms with Crippen molar-refractivity contribution < 1.29 is 47.5 Å². The van der Waals surface area contributed by atoms with E-state index in [9.17, 15) is 9.59 Å². The number of likely N-dealkylation sites (N-methyl/N-ethyl adjacent to an activating group) is 1. The van der Waals surface area contributed by atoms with Crippen molar-refractivity contribution in [2.24, 2.45) is 0 Å². The summed E-state index contributed by atoms with van der Waals surface area (Å²) >= 11 is 0. The molecule has 4 atom stereocenters. The van der Waals surface area contributed by atoms with E-state index in [0.29, 0.717) is 64.9 Å². The quantitative estimate of drug-likeness (QED) is 0.260. The summed E-state index contributed by atoms with van der Waals surface area (Å²) in [6, 6.07) is 7.06. The van der Waals surface area contributed by atoms with Crippen molar-refractivity contribution in [3.63, 3.8) is 0 Å². The highest BCUT2D eigenvalue weighted by molar-refractivity contribution is 5.88. The summed E-state index contributed by atoms with van der Waals surface area (Å²) in [6.07, 6.45) is 7.33. The van der Waals surface area contributed by atoms with Crippen LogP contribution in [0.2, 0.25) is 0 Å². The van der Waals surface area contributed by atoms with E-state index in [-0.39, 0.29) is 24.3 Å². The lowest BCUT2D eigenvalue weighted by atomic mass is 10.0. The Hall–Kier alpha value is -4.38. The van der Waals surface area contributed by atoms with Gasteiger partial charge in [0.25, 0.3) is 0 Å². The number of esters is 2. The first-order valence-electron chi connectivity index (χ1n) is 13.8. The zero-order chi connectivity index (χ0) is 31.1. The molecule has 0 aromatic heterocycles. The first-order valence-corrected chi connectivity index (χ1v) is 13.8. The minimum Gasteiger partial charge on any atom is -0.493 e. The number of benzene rings is 2. The Bertz CT molecular complexity index is 1320. The maximum absolute atomic E-state index is 12.8. The van der Waals surface area contributed by atoms with Crippen molar-refractivity contribution in [3.8, 4) is 34.5 Å². The van der Waals surface area contributed by atoms with Crippen molar-refractivity contribution >= 4 is 24.1 Å². The molecule has 0 spiro atoms. The average Bonchev–Trinajstić information content (AvgIpc) is 3.17. The van der Waals surface area contributed by atoms with Crippen LogP contribution in [0, 0.1) is 0 Å². The third-order valence-corrected chi connectivity index (χ3v) is 7.82. The molecule has 2 bridgehead atoms. The lowest BCUT2D eigenvalue weighted by Crippen LogP contribution is -2.45. The number of piperidine rings is 1. The fourth-order valence-corrected chi connectivity index (χ4v) is 5.71. The number of ether oxygens (including phenoxy) is 8. The van der Waals surface area contributed by atoms with Crippen LogP contribution in [-0.2, 0) is 19.1 Å². The summed E-state index contributed by atoms with van der Waals surface area (Å²) in [5.74, 6) is 1.98. The third kappa shape index (κ3) is 7.16. The van der Waals surface area contributed by atoms with Gasteiger partial charge in [0.05, 0.1) is 48.7 Å². The van der Waals surface area contributed by atoms with Crippen molar-refractivity contribution in [1.82, 2.24) is 4.90 Å². The van der Waals surface area contributed by atoms with Crippen LogP contribution in [0.1, 0.15) is 30.4 Å². The predicted octanol–water partition coefficient (Wildman–Crippen LogP) is 4.15. The van der Waals surface area contributed by atoms with Gasteiger partial charge in [0.1, 0.15) is 12.2 Å². The number of carbonyl (C=O) groups excluding carboxylic acids is 2. The first-order chi connectivity index (χ1) is 20.7. The van der Waals surface area contributed by atoms with Crippen molar-refractivity contribution in [2.75, 3.05) is 49.7 Å². The minimum absolute atomic E-state index is 0.0610. The summed E-state index contributed by atoms with van der Waals surface area (Å²) in [5, 5.41) is 0. The highest BCUT2D eigenvalue weighted by atomic mass is 16.6. The Kier molecular flexibility index (Phi) is 10.4. The Balaban J connectivity index is 1.36. The average molecular weight is 598 g/mol. The van der Waals surface area contributed by atoms with Crippen molar-refractivity contribution in [2.45, 2.75) is 43.6 Å². The van der Waals surface area contributed by atoms with E-state index in [1.54, 1.807) is 36.4 Å². The highest BCUT2D eigenvalue weighted by Gasteiger charge is 2.47. The van der Waals surface area contributed by atoms with E-state index in [0.717, 1.165) is 0 Å². The summed E-state index contributed by atoms with van der Waals surface area (Å²) < 4.78 is 43.9. The molecule has 43 heavy (non-hydrogen) atoms. The molecule has 2 unspecified atom stereocenters. The monoisotopic (exact) mass is 597 g/mol. The lowest BCUT2D eigenvalue weighted by Gasteiger charge is -2.36. The molecule has 2 aliphatic rings. The number of rotatable bonds is 12. The van der Waals surface area contributed by atoms with E-state index < -0.39 is 11.9 Å². The Labute approximate surface area is 251 Å². The van der Waals surface area contributed by atoms with Crippen LogP contribution in [0.15, 0.2) is 36.4 Å². The number of methoxy groups -OCH3 is 6. The molecule has 2 aliphatic heterocycles. The first kappa shape index (κ1) is 31.6. The molecule has 2 fully saturated rings. The van der Waals surface area contributed by atoms with Gasteiger partial charge >= 0.3 is 11.9 Å². The predicted molar refractivity (Wildman–Crippen MR) is 159 cm³/mol. The summed E-state index contributed by atoms with van der Waals surface area (Å²) in [4.78, 5) is 27.7. The smallest absolute Gasteiger partial charge is 0.331 e. The number of hydrogen-bond acceptors (Lipinski definition) is 11. The molecule has 2 saturated heterocycles. The number of nitrogens with zero attached hydrogens (tertiary/aromatic N) is 1. The molecular formula is C32H39NO10. The van der Waals surface area contributed by atoms with E-state index in [4.69, 9.17) is 37.9 Å². The topological polar surface area (TPSA) is 111 Å². The van der Waals surface area contributed by atoms with Gasteiger partial charge in [0.2, 0.25) is 11.5 Å². The van der Waals surface area contributed by atoms with Crippen molar-refractivity contribution in [3.05, 3.63) is 47.5 Å². The molecule has 2 aromatic carbocycles. The minimum atomic E-state index is -0.457. The van der Waals surface area contributed by atoms with Gasteiger partial charge in [-0.3, -0.25) is 4.90 Å². The van der Waals surface area contributed by atoms with Crippen LogP contribution in [-0.4, -0.2) is 90.8 Å². The van der Waals surface area contributed by atoms with E-state index in [1.165, 1.54) is 54.8 Å². The van der Waals surface area contributed by atoms with Crippen LogP contribution < -0.4 is 28.4 Å². The Morgan fingerprint density at radius 1 is 0.651 bits per heavy atom. The van der Waals surface area contributed by atoms with Crippen LogP contribution in [0.4, 0.5) is 0 Å². The summed E-state index contributed by atoms with van der Waals surface area (Å²) in [5.41, 5.74) is 1.39.